The summed E-state index contributed by atoms with van der Waals surface area (Å²) in [6.45, 7) is 9.62. The van der Waals surface area contributed by atoms with Gasteiger partial charge in [0.05, 0.1) is 0 Å². The van der Waals surface area contributed by atoms with E-state index in [4.69, 9.17) is 0 Å². The van der Waals surface area contributed by atoms with Crippen molar-refractivity contribution in [1.29, 1.82) is 0 Å². The van der Waals surface area contributed by atoms with E-state index in [2.05, 4.69) is 297 Å². The first-order chi connectivity index (χ1) is 63.2. The van der Waals surface area contributed by atoms with Crippen LogP contribution in [0.15, 0.2) is 255 Å². The van der Waals surface area contributed by atoms with Gasteiger partial charge in [0.15, 0.2) is 0 Å². The van der Waals surface area contributed by atoms with Gasteiger partial charge >= 0.3 is 0 Å². The SMILES string of the molecule is CC1(C)c2ccccc2-c2ccc(N(c3ccc(C4CCCCC4)cc3)c3cccc(C45CC6CC(CC(C6)C4)C5)c3)cc21.CC1(C)c2ccccc2-c2ccc(N(c3ccc(C4CCCCC4)cc3)c3ccccc3C34CC5CC(CC(C5)C3)C4)cc21.c1cc(N(c2ccc(C3CCCCC3)cc2)c2ccc(C34CC5CC(CC(C5)C3)C4)cc2)ccc1C1CCCCC1. The zero-order valence-electron chi connectivity index (χ0n) is 78.5. The number of anilines is 9. The van der Waals surface area contributed by atoms with Crippen LogP contribution in [0.3, 0.4) is 0 Å². The maximum atomic E-state index is 2.64. The highest BCUT2D eigenvalue weighted by Gasteiger charge is 2.55. The van der Waals surface area contributed by atoms with Crippen molar-refractivity contribution in [3.63, 3.8) is 0 Å². The predicted octanol–water partition coefficient (Wildman–Crippen LogP) is 35.7. The number of nitrogens with zero attached hydrogens (tertiary/aromatic N) is 3. The van der Waals surface area contributed by atoms with Crippen molar-refractivity contribution >= 4 is 51.2 Å². The Morgan fingerprint density at radius 1 is 0.202 bits per heavy atom. The van der Waals surface area contributed by atoms with E-state index in [0.717, 1.165) is 76.9 Å². The molecule has 0 aliphatic heterocycles. The molecule has 3 nitrogen and oxygen atoms in total. The van der Waals surface area contributed by atoms with Crippen LogP contribution in [0.1, 0.15) is 357 Å². The predicted molar refractivity (Wildman–Crippen MR) is 541 cm³/mol. The summed E-state index contributed by atoms with van der Waals surface area (Å²) in [5.41, 5.74) is 35.3. The first-order valence-corrected chi connectivity index (χ1v) is 52.8. The lowest BCUT2D eigenvalue weighted by atomic mass is 9.48. The minimum Gasteiger partial charge on any atom is -0.311 e. The monoisotopic (exact) mass is 1700 g/mol. The van der Waals surface area contributed by atoms with Gasteiger partial charge in [-0.25, -0.2) is 0 Å². The Morgan fingerprint density at radius 3 is 0.837 bits per heavy atom. The molecule has 0 saturated heterocycles. The van der Waals surface area contributed by atoms with E-state index >= 15 is 0 Å². The van der Waals surface area contributed by atoms with Gasteiger partial charge in [0.25, 0.3) is 0 Å². The summed E-state index contributed by atoms with van der Waals surface area (Å²) in [6.07, 6.45) is 53.7. The Morgan fingerprint density at radius 2 is 0.473 bits per heavy atom. The molecule has 16 fully saturated rings. The average Bonchev–Trinajstić information content (AvgIpc) is 1.72. The molecule has 12 bridgehead atoms. The molecule has 11 aromatic rings. The molecule has 11 aromatic carbocycles. The summed E-state index contributed by atoms with van der Waals surface area (Å²) in [5, 5.41) is 0. The van der Waals surface area contributed by atoms with Gasteiger partial charge in [-0.2, -0.15) is 0 Å². The number of para-hydroxylation sites is 1. The molecule has 0 aromatic heterocycles. The van der Waals surface area contributed by atoms with Gasteiger partial charge in [-0.3, -0.25) is 0 Å². The van der Waals surface area contributed by atoms with Gasteiger partial charge in [-0.1, -0.05) is 256 Å². The van der Waals surface area contributed by atoms with Crippen LogP contribution in [-0.4, -0.2) is 0 Å². The average molecular weight is 1700 g/mol. The standard InChI is InChI=1S/2C43H47N.C40H49N/c1-42(2)38-13-7-6-12-36(38)37-21-20-35(25-40(37)42)44(34-18-16-33(17-19-34)32-10-4-3-5-11-32)41-15-9-8-14-39(41)43-26-29-22-30(27-43)24-31(23-29)28-43;1-42(2)40-14-7-6-13-38(40)39-20-19-37(25-41(39)42)44(35-17-15-33(16-18-35)32-9-4-3-5-10-32)36-12-8-11-34(24-36)43-26-29-21-30(27-43)23-31(22-29)28-43;1-3-7-32(8-4-1)34-11-17-37(18-12-34)41(38-19-13-35(14-20-38)33-9-5-2-6-10-33)39-21-15-36(16-22-39)40-26-29-23-30(27-40)25-31(24-29)28-40/h6-9,12-21,25,29-32H,3-5,10-11,22-24,26-28H2,1-2H3;6-8,11-20,24-25,29-32H,3-5,9-10,21-23,26-28H2,1-2H3;11-22,29-33H,1-10,23-28H2. The molecule has 0 heterocycles. The quantitative estimate of drug-likeness (QED) is 0.0955. The maximum absolute atomic E-state index is 2.64. The highest BCUT2D eigenvalue weighted by atomic mass is 15.2. The highest BCUT2D eigenvalue weighted by Crippen LogP contribution is 2.66. The van der Waals surface area contributed by atoms with Crippen molar-refractivity contribution in [1.82, 2.24) is 0 Å². The van der Waals surface area contributed by atoms with E-state index in [1.54, 1.807) is 27.8 Å². The molecule has 662 valence electrons. The molecule has 3 heteroatoms. The molecular formula is C126H143N3. The number of benzene rings is 11. The van der Waals surface area contributed by atoms with Crippen LogP contribution in [0.25, 0.3) is 22.3 Å². The first-order valence-electron chi connectivity index (χ1n) is 52.8. The second kappa shape index (κ2) is 33.8. The van der Waals surface area contributed by atoms with Gasteiger partial charge in [-0.05, 0) is 447 Å². The zero-order chi connectivity index (χ0) is 86.2. The lowest BCUT2D eigenvalue weighted by Gasteiger charge is -2.57. The second-order valence-electron chi connectivity index (χ2n) is 46.7. The summed E-state index contributed by atoms with van der Waals surface area (Å²) in [4.78, 5) is 7.71. The molecule has 0 unspecified atom stereocenters. The fourth-order valence-corrected chi connectivity index (χ4v) is 32.7. The van der Waals surface area contributed by atoms with E-state index in [1.807, 2.05) is 0 Å². The normalized spacial score (nSPS) is 28.7. The van der Waals surface area contributed by atoms with Crippen molar-refractivity contribution in [2.24, 2.45) is 53.3 Å². The Bertz CT molecular complexity index is 5680. The van der Waals surface area contributed by atoms with Gasteiger partial charge < -0.3 is 14.7 Å². The smallest absolute Gasteiger partial charge is 0.0499 e. The number of fused-ring (bicyclic) bond motifs is 6. The minimum atomic E-state index is -0.0160. The molecule has 18 aliphatic rings. The van der Waals surface area contributed by atoms with Crippen LogP contribution in [-0.2, 0) is 27.1 Å². The van der Waals surface area contributed by atoms with Crippen LogP contribution in [0.2, 0.25) is 0 Å². The minimum absolute atomic E-state index is 0.0144. The third-order valence-electron chi connectivity index (χ3n) is 37.8. The number of rotatable bonds is 16. The summed E-state index contributed by atoms with van der Waals surface area (Å²) >= 11 is 0. The Balaban J connectivity index is 0.000000108. The third-order valence-corrected chi connectivity index (χ3v) is 37.8. The van der Waals surface area contributed by atoms with Crippen LogP contribution in [0.5, 0.6) is 0 Å². The molecule has 0 N–H and O–H groups in total. The Labute approximate surface area is 774 Å². The fraction of sp³-hybridized carbons (Fsp3) is 0.476. The Kier molecular flexibility index (Phi) is 21.7. The van der Waals surface area contributed by atoms with Crippen molar-refractivity contribution in [3.05, 3.63) is 316 Å². The van der Waals surface area contributed by atoms with E-state index in [-0.39, 0.29) is 10.8 Å². The first kappa shape index (κ1) is 82.9. The fourth-order valence-electron chi connectivity index (χ4n) is 32.7. The summed E-state index contributed by atoms with van der Waals surface area (Å²) in [7, 11) is 0. The molecular weight excluding hydrogens is 1560 g/mol. The van der Waals surface area contributed by atoms with Gasteiger partial charge in [0, 0.05) is 62.0 Å². The lowest BCUT2D eigenvalue weighted by Crippen LogP contribution is -2.48. The maximum Gasteiger partial charge on any atom is 0.0499 e. The van der Waals surface area contributed by atoms with Crippen LogP contribution >= 0.6 is 0 Å². The molecule has 0 spiro atoms. The largest absolute Gasteiger partial charge is 0.311 e. The molecule has 18 aliphatic carbocycles. The number of hydrogen-bond donors (Lipinski definition) is 0. The van der Waals surface area contributed by atoms with Crippen LogP contribution < -0.4 is 14.7 Å². The van der Waals surface area contributed by atoms with E-state index in [9.17, 15) is 0 Å². The number of hydrogen-bond acceptors (Lipinski definition) is 3. The van der Waals surface area contributed by atoms with E-state index < -0.39 is 0 Å². The molecule has 0 amide bonds. The second-order valence-corrected chi connectivity index (χ2v) is 46.7. The molecule has 16 saturated carbocycles. The van der Waals surface area contributed by atoms with E-state index in [0.29, 0.717) is 16.2 Å². The zero-order valence-corrected chi connectivity index (χ0v) is 78.5. The van der Waals surface area contributed by atoms with Gasteiger partial charge in [0.2, 0.25) is 0 Å². The van der Waals surface area contributed by atoms with Crippen molar-refractivity contribution < 1.29 is 0 Å². The van der Waals surface area contributed by atoms with Gasteiger partial charge in [-0.15, -0.1) is 0 Å². The summed E-state index contributed by atoms with van der Waals surface area (Å²) in [5.74, 6) is 11.6. The van der Waals surface area contributed by atoms with Crippen molar-refractivity contribution in [2.75, 3.05) is 14.7 Å². The van der Waals surface area contributed by atoms with Gasteiger partial charge in [0.1, 0.15) is 0 Å². The van der Waals surface area contributed by atoms with Crippen molar-refractivity contribution in [2.45, 2.75) is 322 Å². The lowest BCUT2D eigenvalue weighted by molar-refractivity contribution is -0.00529. The Hall–Kier alpha value is -9.18. The van der Waals surface area contributed by atoms with Crippen molar-refractivity contribution in [3.8, 4) is 22.3 Å². The molecule has 129 heavy (non-hydrogen) atoms. The molecule has 0 atom stereocenters. The topological polar surface area (TPSA) is 9.72 Å². The molecule has 29 rings (SSSR count). The summed E-state index contributed by atoms with van der Waals surface area (Å²) in [6, 6.07) is 101. The molecule has 0 radical (unpaired) electrons. The van der Waals surface area contributed by atoms with E-state index in [1.165, 1.54) is 351 Å². The summed E-state index contributed by atoms with van der Waals surface area (Å²) < 4.78 is 0. The highest BCUT2D eigenvalue weighted by molar-refractivity contribution is 5.89. The van der Waals surface area contributed by atoms with Crippen LogP contribution in [0, 0.1) is 53.3 Å². The van der Waals surface area contributed by atoms with Crippen LogP contribution in [0.4, 0.5) is 51.2 Å². The third kappa shape index (κ3) is 15.4.